The van der Waals surface area contributed by atoms with Crippen molar-refractivity contribution in [3.8, 4) is 11.1 Å². The zero-order valence-electron chi connectivity index (χ0n) is 14.6. The molecule has 0 spiro atoms. The first kappa shape index (κ1) is 16.1. The topological polar surface area (TPSA) is 60.3 Å². The van der Waals surface area contributed by atoms with E-state index >= 15 is 0 Å². The molecule has 1 heterocycles. The van der Waals surface area contributed by atoms with E-state index in [1.165, 1.54) is 33.9 Å². The smallest absolute Gasteiger partial charge is 0.354 e. The number of fused-ring (bicyclic) bond motifs is 3. The number of amides is 1. The number of benzene rings is 2. The van der Waals surface area contributed by atoms with E-state index in [0.29, 0.717) is 11.4 Å². The molecule has 130 valence electrons. The van der Waals surface area contributed by atoms with Crippen molar-refractivity contribution in [1.29, 1.82) is 0 Å². The molecule has 0 fully saturated rings. The number of methoxy groups -OCH3 is 1. The van der Waals surface area contributed by atoms with Gasteiger partial charge in [-0.25, -0.2) is 4.79 Å². The molecule has 2 aromatic carbocycles. The molecular weight excluding hydrogens is 328 g/mol. The summed E-state index contributed by atoms with van der Waals surface area (Å²) in [4.78, 5) is 24.3. The summed E-state index contributed by atoms with van der Waals surface area (Å²) in [5, 5.41) is 2.91. The van der Waals surface area contributed by atoms with Crippen LogP contribution in [-0.4, -0.2) is 23.6 Å². The second-order valence-corrected chi connectivity index (χ2v) is 6.31. The number of aromatic nitrogens is 1. The van der Waals surface area contributed by atoms with Gasteiger partial charge in [0, 0.05) is 12.7 Å². The number of hydrogen-bond acceptors (Lipinski definition) is 3. The highest BCUT2D eigenvalue weighted by Gasteiger charge is 2.20. The fourth-order valence-electron chi connectivity index (χ4n) is 3.47. The molecule has 0 saturated carbocycles. The van der Waals surface area contributed by atoms with Crippen LogP contribution in [0, 0.1) is 0 Å². The Labute approximate surface area is 151 Å². The molecule has 0 aliphatic heterocycles. The quantitative estimate of drug-likeness (QED) is 0.576. The number of carbonyl (C=O) groups excluding carboxylic acids is 2. The molecule has 5 heteroatoms. The van der Waals surface area contributed by atoms with Gasteiger partial charge in [0.1, 0.15) is 11.4 Å². The van der Waals surface area contributed by atoms with Crippen LogP contribution in [0.5, 0.6) is 0 Å². The third-order valence-electron chi connectivity index (χ3n) is 4.80. The van der Waals surface area contributed by atoms with Crippen LogP contribution in [0.25, 0.3) is 11.1 Å². The maximum Gasteiger partial charge on any atom is 0.354 e. The van der Waals surface area contributed by atoms with Crippen LogP contribution in [-0.2, 0) is 18.2 Å². The summed E-state index contributed by atoms with van der Waals surface area (Å²) < 4.78 is 6.25. The first-order chi connectivity index (χ1) is 12.6. The molecule has 0 radical (unpaired) electrons. The first-order valence-corrected chi connectivity index (χ1v) is 8.35. The normalized spacial score (nSPS) is 11.6. The third-order valence-corrected chi connectivity index (χ3v) is 4.80. The van der Waals surface area contributed by atoms with Gasteiger partial charge < -0.3 is 14.6 Å². The van der Waals surface area contributed by atoms with Crippen molar-refractivity contribution in [2.24, 2.45) is 7.05 Å². The van der Waals surface area contributed by atoms with Gasteiger partial charge >= 0.3 is 5.97 Å². The molecule has 3 aromatic rings. The van der Waals surface area contributed by atoms with Crippen LogP contribution < -0.4 is 5.32 Å². The molecule has 1 amide bonds. The minimum absolute atomic E-state index is 0.266. The number of ether oxygens (including phenoxy) is 1. The van der Waals surface area contributed by atoms with E-state index in [4.69, 9.17) is 4.74 Å². The van der Waals surface area contributed by atoms with Gasteiger partial charge in [0.05, 0.1) is 7.11 Å². The van der Waals surface area contributed by atoms with E-state index in [-0.39, 0.29) is 5.91 Å². The Hall–Kier alpha value is -3.34. The number of rotatable bonds is 3. The molecule has 0 atom stereocenters. The van der Waals surface area contributed by atoms with Crippen LogP contribution in [0.1, 0.15) is 32.1 Å². The highest BCUT2D eigenvalue weighted by Crippen LogP contribution is 2.37. The molecule has 4 rings (SSSR count). The second kappa shape index (κ2) is 6.19. The Morgan fingerprint density at radius 2 is 1.69 bits per heavy atom. The zero-order chi connectivity index (χ0) is 18.3. The number of esters is 1. The summed E-state index contributed by atoms with van der Waals surface area (Å²) in [7, 11) is 2.98. The Kier molecular flexibility index (Phi) is 3.84. The Morgan fingerprint density at radius 1 is 0.962 bits per heavy atom. The average Bonchev–Trinajstić information content (AvgIpc) is 3.21. The Balaban J connectivity index is 1.58. The summed E-state index contributed by atoms with van der Waals surface area (Å²) in [6, 6.07) is 17.5. The summed E-state index contributed by atoms with van der Waals surface area (Å²) in [6.07, 6.45) is 0.867. The molecule has 1 aliphatic carbocycles. The van der Waals surface area contributed by atoms with Crippen LogP contribution in [0.2, 0.25) is 0 Å². The van der Waals surface area contributed by atoms with Crippen molar-refractivity contribution in [3.63, 3.8) is 0 Å². The van der Waals surface area contributed by atoms with Crippen molar-refractivity contribution < 1.29 is 14.3 Å². The molecule has 0 saturated heterocycles. The SMILES string of the molecule is COC(=O)c1ccc(C(=O)Nc2ccc3c(c2)Cc2ccccc2-3)n1C. The van der Waals surface area contributed by atoms with Gasteiger partial charge in [-0.05, 0) is 52.9 Å². The average molecular weight is 346 g/mol. The fourth-order valence-corrected chi connectivity index (χ4v) is 3.47. The highest BCUT2D eigenvalue weighted by atomic mass is 16.5. The minimum Gasteiger partial charge on any atom is -0.464 e. The Morgan fingerprint density at radius 3 is 2.50 bits per heavy atom. The van der Waals surface area contributed by atoms with Crippen molar-refractivity contribution in [1.82, 2.24) is 4.57 Å². The maximum atomic E-state index is 12.6. The Bertz CT molecular complexity index is 1030. The van der Waals surface area contributed by atoms with Gasteiger partial charge in [-0.3, -0.25) is 4.79 Å². The van der Waals surface area contributed by atoms with Crippen LogP contribution >= 0.6 is 0 Å². The van der Waals surface area contributed by atoms with Crippen molar-refractivity contribution >= 4 is 17.6 Å². The molecule has 1 aromatic heterocycles. The van der Waals surface area contributed by atoms with Gasteiger partial charge in [0.15, 0.2) is 0 Å². The molecule has 0 bridgehead atoms. The summed E-state index contributed by atoms with van der Waals surface area (Å²) in [5.41, 5.74) is 6.44. The lowest BCUT2D eigenvalue weighted by Crippen LogP contribution is -2.18. The van der Waals surface area contributed by atoms with Crippen LogP contribution in [0.15, 0.2) is 54.6 Å². The van der Waals surface area contributed by atoms with E-state index in [1.807, 2.05) is 30.3 Å². The monoisotopic (exact) mass is 346 g/mol. The molecular formula is C21H18N2O3. The highest BCUT2D eigenvalue weighted by molar-refractivity contribution is 6.04. The van der Waals surface area contributed by atoms with Gasteiger partial charge in [0.2, 0.25) is 0 Å². The lowest BCUT2D eigenvalue weighted by atomic mass is 10.1. The summed E-state index contributed by atoms with van der Waals surface area (Å²) in [6.45, 7) is 0. The fraction of sp³-hybridized carbons (Fsp3) is 0.143. The summed E-state index contributed by atoms with van der Waals surface area (Å²) in [5.74, 6) is -0.736. The van der Waals surface area contributed by atoms with Gasteiger partial charge in [-0.1, -0.05) is 30.3 Å². The standard InChI is InChI=1S/C21H18N2O3/c1-23-18(9-10-19(23)21(25)26-2)20(24)22-15-7-8-17-14(12-15)11-13-5-3-4-6-16(13)17/h3-10,12H,11H2,1-2H3,(H,22,24). The first-order valence-electron chi connectivity index (χ1n) is 8.35. The predicted molar refractivity (Wildman–Crippen MR) is 99.4 cm³/mol. The van der Waals surface area contributed by atoms with Gasteiger partial charge in [-0.15, -0.1) is 0 Å². The lowest BCUT2D eigenvalue weighted by Gasteiger charge is -2.09. The lowest BCUT2D eigenvalue weighted by molar-refractivity contribution is 0.0590. The van der Waals surface area contributed by atoms with E-state index < -0.39 is 5.97 Å². The number of carbonyl (C=O) groups is 2. The van der Waals surface area contributed by atoms with E-state index in [2.05, 4.69) is 17.4 Å². The van der Waals surface area contributed by atoms with Crippen molar-refractivity contribution in [2.45, 2.75) is 6.42 Å². The van der Waals surface area contributed by atoms with Crippen LogP contribution in [0.4, 0.5) is 5.69 Å². The second-order valence-electron chi connectivity index (χ2n) is 6.31. The summed E-state index contributed by atoms with van der Waals surface area (Å²) >= 11 is 0. The van der Waals surface area contributed by atoms with E-state index in [1.54, 1.807) is 19.2 Å². The molecule has 26 heavy (non-hydrogen) atoms. The van der Waals surface area contributed by atoms with E-state index in [9.17, 15) is 9.59 Å². The van der Waals surface area contributed by atoms with Crippen LogP contribution in [0.3, 0.4) is 0 Å². The number of nitrogens with one attached hydrogen (secondary N) is 1. The van der Waals surface area contributed by atoms with Crippen molar-refractivity contribution in [2.75, 3.05) is 12.4 Å². The van der Waals surface area contributed by atoms with Crippen molar-refractivity contribution in [3.05, 3.63) is 77.1 Å². The molecule has 1 aliphatic rings. The minimum atomic E-state index is -0.471. The number of anilines is 1. The van der Waals surface area contributed by atoms with Gasteiger partial charge in [0.25, 0.3) is 5.91 Å². The zero-order valence-corrected chi connectivity index (χ0v) is 14.6. The van der Waals surface area contributed by atoms with Gasteiger partial charge in [-0.2, -0.15) is 0 Å². The number of hydrogen-bond donors (Lipinski definition) is 1. The molecule has 0 unspecified atom stereocenters. The predicted octanol–water partition coefficient (Wildman–Crippen LogP) is 3.64. The maximum absolute atomic E-state index is 12.6. The largest absolute Gasteiger partial charge is 0.464 e. The third kappa shape index (κ3) is 2.58. The number of nitrogens with zero attached hydrogens (tertiary/aromatic N) is 1. The molecule has 5 nitrogen and oxygen atoms in total. The van der Waals surface area contributed by atoms with E-state index in [0.717, 1.165) is 12.1 Å². The molecule has 1 N–H and O–H groups in total.